The van der Waals surface area contributed by atoms with Crippen molar-refractivity contribution < 1.29 is 10.0 Å². The van der Waals surface area contributed by atoms with Gasteiger partial charge < -0.3 is 10.4 Å². The van der Waals surface area contributed by atoms with Gasteiger partial charge in [0.15, 0.2) is 0 Å². The summed E-state index contributed by atoms with van der Waals surface area (Å²) in [6.45, 7) is 5.97. The fourth-order valence-electron chi connectivity index (χ4n) is 1.94. The number of aliphatic hydroxyl groups is 1. The van der Waals surface area contributed by atoms with Gasteiger partial charge in [0, 0.05) is 23.9 Å². The molecular weight excluding hydrogens is 232 g/mol. The smallest absolute Gasteiger partial charge is 0.271 e. The second-order valence-electron chi connectivity index (χ2n) is 4.97. The highest BCUT2D eigenvalue weighted by Gasteiger charge is 2.13. The zero-order chi connectivity index (χ0) is 13.7. The third-order valence-electron chi connectivity index (χ3n) is 2.62. The minimum absolute atomic E-state index is 0.0138. The van der Waals surface area contributed by atoms with Gasteiger partial charge in [-0.1, -0.05) is 13.8 Å². The maximum atomic E-state index is 10.8. The summed E-state index contributed by atoms with van der Waals surface area (Å²) in [5.74, 6) is 0.453. The lowest BCUT2D eigenvalue weighted by Gasteiger charge is -2.19. The predicted molar refractivity (Wildman–Crippen MR) is 71.8 cm³/mol. The molecule has 2 N–H and O–H groups in total. The van der Waals surface area contributed by atoms with Crippen LogP contribution in [0, 0.1) is 23.0 Å². The molecule has 0 aliphatic rings. The van der Waals surface area contributed by atoms with Gasteiger partial charge in [-0.25, -0.2) is 0 Å². The van der Waals surface area contributed by atoms with Crippen molar-refractivity contribution in [1.29, 1.82) is 0 Å². The Kier molecular flexibility index (Phi) is 5.09. The number of hydrogen-bond acceptors (Lipinski definition) is 4. The standard InChI is InChI=1S/C13H20N2O3/c1-9(2)4-12(8-16)14-11-5-10(3)6-13(7-11)15(17)18/h5-7,9,12,14,16H,4,8H2,1-3H3. The average Bonchev–Trinajstić information content (AvgIpc) is 2.26. The molecule has 1 atom stereocenters. The average molecular weight is 252 g/mol. The van der Waals surface area contributed by atoms with Gasteiger partial charge in [-0.2, -0.15) is 0 Å². The highest BCUT2D eigenvalue weighted by atomic mass is 16.6. The molecule has 5 nitrogen and oxygen atoms in total. The first-order chi connectivity index (χ1) is 8.42. The third kappa shape index (κ3) is 4.33. The van der Waals surface area contributed by atoms with E-state index in [0.717, 1.165) is 12.0 Å². The molecule has 0 bridgehead atoms. The van der Waals surface area contributed by atoms with E-state index in [2.05, 4.69) is 19.2 Å². The Morgan fingerprint density at radius 2 is 2.06 bits per heavy atom. The van der Waals surface area contributed by atoms with E-state index in [4.69, 9.17) is 0 Å². The molecule has 100 valence electrons. The van der Waals surface area contributed by atoms with Crippen LogP contribution in [0.2, 0.25) is 0 Å². The molecule has 1 rings (SSSR count). The van der Waals surface area contributed by atoms with E-state index in [1.807, 2.05) is 13.0 Å². The Bertz CT molecular complexity index is 419. The van der Waals surface area contributed by atoms with E-state index >= 15 is 0 Å². The van der Waals surface area contributed by atoms with Crippen molar-refractivity contribution in [2.24, 2.45) is 5.92 Å². The van der Waals surface area contributed by atoms with Crippen LogP contribution in [0.1, 0.15) is 25.8 Å². The van der Waals surface area contributed by atoms with Crippen LogP contribution in [0.25, 0.3) is 0 Å². The summed E-state index contributed by atoms with van der Waals surface area (Å²) in [6, 6.07) is 4.79. The fourth-order valence-corrected chi connectivity index (χ4v) is 1.94. The maximum Gasteiger partial charge on any atom is 0.271 e. The van der Waals surface area contributed by atoms with Gasteiger partial charge in [0.1, 0.15) is 0 Å². The molecule has 0 amide bonds. The normalized spacial score (nSPS) is 12.5. The fraction of sp³-hybridized carbons (Fsp3) is 0.538. The topological polar surface area (TPSA) is 75.4 Å². The lowest BCUT2D eigenvalue weighted by Crippen LogP contribution is -2.25. The van der Waals surface area contributed by atoms with Crippen molar-refractivity contribution in [3.63, 3.8) is 0 Å². The Hall–Kier alpha value is -1.62. The largest absolute Gasteiger partial charge is 0.394 e. The summed E-state index contributed by atoms with van der Waals surface area (Å²) < 4.78 is 0. The van der Waals surface area contributed by atoms with Crippen LogP contribution in [-0.4, -0.2) is 22.7 Å². The highest BCUT2D eigenvalue weighted by Crippen LogP contribution is 2.22. The molecule has 0 aliphatic heterocycles. The van der Waals surface area contributed by atoms with Crippen LogP contribution in [0.3, 0.4) is 0 Å². The van der Waals surface area contributed by atoms with E-state index < -0.39 is 4.92 Å². The molecule has 0 aromatic heterocycles. The second kappa shape index (κ2) is 6.35. The SMILES string of the molecule is Cc1cc(NC(CO)CC(C)C)cc([N+](=O)[O-])c1. The zero-order valence-corrected chi connectivity index (χ0v) is 11.0. The molecule has 0 fully saturated rings. The number of anilines is 1. The van der Waals surface area contributed by atoms with Crippen molar-refractivity contribution in [2.45, 2.75) is 33.2 Å². The monoisotopic (exact) mass is 252 g/mol. The molecular formula is C13H20N2O3. The molecule has 0 saturated carbocycles. The van der Waals surface area contributed by atoms with Gasteiger partial charge >= 0.3 is 0 Å². The van der Waals surface area contributed by atoms with Gasteiger partial charge in [-0.15, -0.1) is 0 Å². The molecule has 5 heteroatoms. The second-order valence-corrected chi connectivity index (χ2v) is 4.97. The van der Waals surface area contributed by atoms with Crippen LogP contribution in [-0.2, 0) is 0 Å². The number of aryl methyl sites for hydroxylation is 1. The zero-order valence-electron chi connectivity index (χ0n) is 11.0. The minimum Gasteiger partial charge on any atom is -0.394 e. The number of non-ortho nitro benzene ring substituents is 1. The van der Waals surface area contributed by atoms with Crippen LogP contribution in [0.5, 0.6) is 0 Å². The van der Waals surface area contributed by atoms with E-state index in [1.54, 1.807) is 0 Å². The summed E-state index contributed by atoms with van der Waals surface area (Å²) in [7, 11) is 0. The Labute approximate surface area is 107 Å². The molecule has 0 radical (unpaired) electrons. The minimum atomic E-state index is -0.408. The quantitative estimate of drug-likeness (QED) is 0.603. The molecule has 1 aromatic carbocycles. The van der Waals surface area contributed by atoms with Crippen molar-refractivity contribution in [2.75, 3.05) is 11.9 Å². The first kappa shape index (κ1) is 14.4. The summed E-state index contributed by atoms with van der Waals surface area (Å²) in [5, 5.41) is 23.2. The Morgan fingerprint density at radius 3 is 2.56 bits per heavy atom. The molecule has 0 heterocycles. The molecule has 1 unspecified atom stereocenters. The van der Waals surface area contributed by atoms with E-state index in [1.165, 1.54) is 12.1 Å². The van der Waals surface area contributed by atoms with Gasteiger partial charge in [-0.3, -0.25) is 10.1 Å². The Morgan fingerprint density at radius 1 is 1.39 bits per heavy atom. The van der Waals surface area contributed by atoms with Gasteiger partial charge in [0.05, 0.1) is 11.5 Å². The van der Waals surface area contributed by atoms with Crippen LogP contribution in [0.4, 0.5) is 11.4 Å². The summed E-state index contributed by atoms with van der Waals surface area (Å²) in [6.07, 6.45) is 0.818. The summed E-state index contributed by atoms with van der Waals surface area (Å²) in [4.78, 5) is 10.4. The predicted octanol–water partition coefficient (Wildman–Crippen LogP) is 2.72. The molecule has 0 spiro atoms. The van der Waals surface area contributed by atoms with Gasteiger partial charge in [0.2, 0.25) is 0 Å². The number of nitro groups is 1. The van der Waals surface area contributed by atoms with Crippen molar-refractivity contribution in [3.05, 3.63) is 33.9 Å². The van der Waals surface area contributed by atoms with E-state index in [9.17, 15) is 15.2 Å². The summed E-state index contributed by atoms with van der Waals surface area (Å²) in [5.41, 5.74) is 1.58. The van der Waals surface area contributed by atoms with Crippen LogP contribution in [0.15, 0.2) is 18.2 Å². The lowest BCUT2D eigenvalue weighted by molar-refractivity contribution is -0.384. The van der Waals surface area contributed by atoms with Crippen molar-refractivity contribution in [1.82, 2.24) is 0 Å². The number of rotatable bonds is 6. The molecule has 0 saturated heterocycles. The highest BCUT2D eigenvalue weighted by molar-refractivity contribution is 5.54. The first-order valence-electron chi connectivity index (χ1n) is 6.06. The van der Waals surface area contributed by atoms with Crippen LogP contribution >= 0.6 is 0 Å². The number of nitro benzene ring substituents is 1. The van der Waals surface area contributed by atoms with Crippen molar-refractivity contribution >= 4 is 11.4 Å². The lowest BCUT2D eigenvalue weighted by atomic mass is 10.0. The summed E-state index contributed by atoms with van der Waals surface area (Å²) >= 11 is 0. The number of hydrogen-bond donors (Lipinski definition) is 2. The number of nitrogens with one attached hydrogen (secondary N) is 1. The van der Waals surface area contributed by atoms with Crippen molar-refractivity contribution in [3.8, 4) is 0 Å². The molecule has 0 aliphatic carbocycles. The van der Waals surface area contributed by atoms with E-state index in [-0.39, 0.29) is 18.3 Å². The first-order valence-corrected chi connectivity index (χ1v) is 6.06. The Balaban J connectivity index is 2.85. The van der Waals surface area contributed by atoms with Crippen LogP contribution < -0.4 is 5.32 Å². The van der Waals surface area contributed by atoms with Gasteiger partial charge in [-0.05, 0) is 30.9 Å². The maximum absolute atomic E-state index is 10.8. The molecule has 18 heavy (non-hydrogen) atoms. The molecule has 1 aromatic rings. The van der Waals surface area contributed by atoms with Gasteiger partial charge in [0.25, 0.3) is 5.69 Å². The third-order valence-corrected chi connectivity index (χ3v) is 2.62. The number of benzene rings is 1. The number of nitrogens with zero attached hydrogens (tertiary/aromatic N) is 1. The van der Waals surface area contributed by atoms with E-state index in [0.29, 0.717) is 11.6 Å². The number of aliphatic hydroxyl groups excluding tert-OH is 1.